The van der Waals surface area contributed by atoms with Crippen LogP contribution in [0.5, 0.6) is 0 Å². The van der Waals surface area contributed by atoms with Crippen LogP contribution in [0, 0.1) is 0 Å². The number of carboxylic acids is 1. The summed E-state index contributed by atoms with van der Waals surface area (Å²) in [6, 6.07) is 9.34. The number of piperazine rings is 1. The standard InChI is InChI=1S/C22H22ClN3O3S/c23-18-13-19(16-5-11-30-14-16)24-20-12-15(3-4-17(18)20)22(29)26-9-7-25(8-10-26)6-1-2-21(27)28/h3-5,11-14H,1-2,6-10H2,(H,27,28). The number of aliphatic carboxylic acids is 1. The topological polar surface area (TPSA) is 73.7 Å². The molecule has 1 N–H and O–H groups in total. The Labute approximate surface area is 183 Å². The summed E-state index contributed by atoms with van der Waals surface area (Å²) in [7, 11) is 0. The average Bonchev–Trinajstić information content (AvgIpc) is 3.28. The summed E-state index contributed by atoms with van der Waals surface area (Å²) in [6.45, 7) is 3.52. The van der Waals surface area contributed by atoms with E-state index >= 15 is 0 Å². The van der Waals surface area contributed by atoms with Crippen molar-refractivity contribution in [1.82, 2.24) is 14.8 Å². The Kier molecular flexibility index (Phi) is 6.32. The number of aromatic nitrogens is 1. The molecule has 1 aromatic carbocycles. The SMILES string of the molecule is O=C(O)CCCN1CCN(C(=O)c2ccc3c(Cl)cc(-c4ccsc4)nc3c2)CC1. The fourth-order valence-electron chi connectivity index (χ4n) is 3.69. The Balaban J connectivity index is 1.47. The van der Waals surface area contributed by atoms with Gasteiger partial charge >= 0.3 is 5.97 Å². The maximum absolute atomic E-state index is 13.0. The molecule has 0 radical (unpaired) electrons. The van der Waals surface area contributed by atoms with E-state index < -0.39 is 5.97 Å². The third-order valence-corrected chi connectivity index (χ3v) is 6.34. The number of carboxylic acid groups (broad SMARTS) is 1. The zero-order valence-corrected chi connectivity index (χ0v) is 18.0. The summed E-state index contributed by atoms with van der Waals surface area (Å²) in [5, 5.41) is 14.2. The molecule has 1 fully saturated rings. The van der Waals surface area contributed by atoms with Crippen molar-refractivity contribution in [3.63, 3.8) is 0 Å². The van der Waals surface area contributed by atoms with Gasteiger partial charge in [0.1, 0.15) is 0 Å². The molecule has 0 unspecified atom stereocenters. The smallest absolute Gasteiger partial charge is 0.303 e. The van der Waals surface area contributed by atoms with E-state index in [1.165, 1.54) is 0 Å². The number of fused-ring (bicyclic) bond motifs is 1. The van der Waals surface area contributed by atoms with Gasteiger partial charge in [0.2, 0.25) is 0 Å². The first-order chi connectivity index (χ1) is 14.5. The normalized spacial score (nSPS) is 14.9. The minimum atomic E-state index is -0.768. The fourth-order valence-corrected chi connectivity index (χ4v) is 4.60. The number of thiophene rings is 1. The third kappa shape index (κ3) is 4.64. The first kappa shape index (κ1) is 20.8. The van der Waals surface area contributed by atoms with E-state index in [1.54, 1.807) is 11.3 Å². The van der Waals surface area contributed by atoms with Gasteiger partial charge in [-0.2, -0.15) is 11.3 Å². The molecule has 2 aromatic heterocycles. The molecule has 0 atom stereocenters. The Hall–Kier alpha value is -2.48. The van der Waals surface area contributed by atoms with Crippen molar-refractivity contribution < 1.29 is 14.7 Å². The summed E-state index contributed by atoms with van der Waals surface area (Å²) in [5.41, 5.74) is 3.13. The molecule has 0 saturated carbocycles. The summed E-state index contributed by atoms with van der Waals surface area (Å²) in [4.78, 5) is 32.5. The molecule has 0 spiro atoms. The van der Waals surface area contributed by atoms with Crippen molar-refractivity contribution in [3.8, 4) is 11.3 Å². The second kappa shape index (κ2) is 9.12. The van der Waals surface area contributed by atoms with Gasteiger partial charge in [-0.05, 0) is 42.6 Å². The molecule has 8 heteroatoms. The number of halogens is 1. The molecule has 1 saturated heterocycles. The number of carbonyl (C=O) groups excluding carboxylic acids is 1. The molecular formula is C22H22ClN3O3S. The Bertz CT molecular complexity index is 1060. The number of nitrogens with zero attached hydrogens (tertiary/aromatic N) is 3. The van der Waals surface area contributed by atoms with Gasteiger partial charge in [0.05, 0.1) is 16.2 Å². The van der Waals surface area contributed by atoms with Gasteiger partial charge < -0.3 is 10.0 Å². The lowest BCUT2D eigenvalue weighted by molar-refractivity contribution is -0.137. The van der Waals surface area contributed by atoms with Crippen LogP contribution in [-0.4, -0.2) is 64.5 Å². The van der Waals surface area contributed by atoms with Gasteiger partial charge in [-0.25, -0.2) is 4.98 Å². The van der Waals surface area contributed by atoms with Crippen molar-refractivity contribution >= 4 is 45.7 Å². The highest BCUT2D eigenvalue weighted by Crippen LogP contribution is 2.30. The maximum atomic E-state index is 13.0. The Morgan fingerprint density at radius 3 is 2.63 bits per heavy atom. The Morgan fingerprint density at radius 1 is 1.13 bits per heavy atom. The predicted molar refractivity (Wildman–Crippen MR) is 119 cm³/mol. The van der Waals surface area contributed by atoms with E-state index in [-0.39, 0.29) is 12.3 Å². The maximum Gasteiger partial charge on any atom is 0.303 e. The largest absolute Gasteiger partial charge is 0.481 e. The lowest BCUT2D eigenvalue weighted by atomic mass is 10.1. The number of rotatable bonds is 6. The molecular weight excluding hydrogens is 422 g/mol. The summed E-state index contributed by atoms with van der Waals surface area (Å²) < 4.78 is 0. The molecule has 3 aromatic rings. The lowest BCUT2D eigenvalue weighted by Gasteiger charge is -2.34. The van der Waals surface area contributed by atoms with Crippen LogP contribution in [0.4, 0.5) is 0 Å². The van der Waals surface area contributed by atoms with Gasteiger partial charge in [-0.15, -0.1) is 0 Å². The first-order valence-electron chi connectivity index (χ1n) is 9.87. The van der Waals surface area contributed by atoms with Crippen molar-refractivity contribution in [2.24, 2.45) is 0 Å². The quantitative estimate of drug-likeness (QED) is 0.616. The van der Waals surface area contributed by atoms with Crippen LogP contribution < -0.4 is 0 Å². The van der Waals surface area contributed by atoms with Crippen molar-refractivity contribution in [3.05, 3.63) is 51.7 Å². The zero-order valence-electron chi connectivity index (χ0n) is 16.4. The molecule has 1 amide bonds. The van der Waals surface area contributed by atoms with Crippen LogP contribution in [0.25, 0.3) is 22.2 Å². The van der Waals surface area contributed by atoms with Crippen LogP contribution in [0.3, 0.4) is 0 Å². The van der Waals surface area contributed by atoms with E-state index in [1.807, 2.05) is 46.0 Å². The van der Waals surface area contributed by atoms with Crippen LogP contribution in [0.2, 0.25) is 5.02 Å². The minimum Gasteiger partial charge on any atom is -0.481 e. The van der Waals surface area contributed by atoms with E-state index in [9.17, 15) is 9.59 Å². The van der Waals surface area contributed by atoms with Crippen molar-refractivity contribution in [2.75, 3.05) is 32.7 Å². The molecule has 0 aliphatic carbocycles. The number of benzene rings is 1. The molecule has 6 nitrogen and oxygen atoms in total. The molecule has 1 aliphatic heterocycles. The second-order valence-electron chi connectivity index (χ2n) is 7.36. The highest BCUT2D eigenvalue weighted by atomic mass is 35.5. The number of amides is 1. The van der Waals surface area contributed by atoms with Crippen molar-refractivity contribution in [2.45, 2.75) is 12.8 Å². The van der Waals surface area contributed by atoms with Crippen LogP contribution in [-0.2, 0) is 4.79 Å². The molecule has 30 heavy (non-hydrogen) atoms. The zero-order chi connectivity index (χ0) is 21.1. The van der Waals surface area contributed by atoms with E-state index in [2.05, 4.69) is 4.90 Å². The van der Waals surface area contributed by atoms with Crippen LogP contribution in [0.1, 0.15) is 23.2 Å². The van der Waals surface area contributed by atoms with Crippen LogP contribution >= 0.6 is 22.9 Å². The average molecular weight is 444 g/mol. The fraction of sp³-hybridized carbons (Fsp3) is 0.318. The van der Waals surface area contributed by atoms with Gasteiger partial charge in [0, 0.05) is 54.5 Å². The molecule has 3 heterocycles. The highest BCUT2D eigenvalue weighted by molar-refractivity contribution is 7.08. The van der Waals surface area contributed by atoms with Crippen molar-refractivity contribution in [1.29, 1.82) is 0 Å². The molecule has 156 valence electrons. The van der Waals surface area contributed by atoms with Crippen LogP contribution in [0.15, 0.2) is 41.1 Å². The summed E-state index contributed by atoms with van der Waals surface area (Å²) >= 11 is 8.06. The monoisotopic (exact) mass is 443 g/mol. The first-order valence-corrected chi connectivity index (χ1v) is 11.2. The molecule has 4 rings (SSSR count). The second-order valence-corrected chi connectivity index (χ2v) is 8.55. The van der Waals surface area contributed by atoms with Gasteiger partial charge in [-0.1, -0.05) is 17.7 Å². The summed E-state index contributed by atoms with van der Waals surface area (Å²) in [5.74, 6) is -0.781. The highest BCUT2D eigenvalue weighted by Gasteiger charge is 2.22. The number of carbonyl (C=O) groups is 2. The lowest BCUT2D eigenvalue weighted by Crippen LogP contribution is -2.48. The number of hydrogen-bond acceptors (Lipinski definition) is 5. The predicted octanol–water partition coefficient (Wildman–Crippen LogP) is 4.24. The number of pyridine rings is 1. The third-order valence-electron chi connectivity index (χ3n) is 5.35. The number of hydrogen-bond donors (Lipinski definition) is 1. The Morgan fingerprint density at radius 2 is 1.93 bits per heavy atom. The van der Waals surface area contributed by atoms with Gasteiger partial charge in [0.15, 0.2) is 0 Å². The van der Waals surface area contributed by atoms with E-state index in [0.29, 0.717) is 35.6 Å². The minimum absolute atomic E-state index is 0.0130. The summed E-state index contributed by atoms with van der Waals surface area (Å²) in [6.07, 6.45) is 0.812. The van der Waals surface area contributed by atoms with Gasteiger partial charge in [0.25, 0.3) is 5.91 Å². The van der Waals surface area contributed by atoms with E-state index in [0.717, 1.165) is 36.3 Å². The molecule has 0 bridgehead atoms. The van der Waals surface area contributed by atoms with Gasteiger partial charge in [-0.3, -0.25) is 14.5 Å². The molecule has 1 aliphatic rings. The van der Waals surface area contributed by atoms with E-state index in [4.69, 9.17) is 21.7 Å².